The maximum atomic E-state index is 2.41. The summed E-state index contributed by atoms with van der Waals surface area (Å²) in [7, 11) is 0. The van der Waals surface area contributed by atoms with Gasteiger partial charge in [0.2, 0.25) is 0 Å². The van der Waals surface area contributed by atoms with Gasteiger partial charge >= 0.3 is 0 Å². The first-order valence-corrected chi connectivity index (χ1v) is 15.6. The SMILES string of the molecule is c1ccc(-c2c3ccccc3c(-c3cccc4sc(-c5ccc6ccc7ccccc7c6c5)cc34)c3ccccc23)cc1. The summed E-state index contributed by atoms with van der Waals surface area (Å²) in [6, 6.07) is 57.9. The summed E-state index contributed by atoms with van der Waals surface area (Å²) in [6.07, 6.45) is 0. The third-order valence-corrected chi connectivity index (χ3v) is 10.0. The molecule has 0 saturated heterocycles. The van der Waals surface area contributed by atoms with Gasteiger partial charge in [0, 0.05) is 15.0 Å². The highest BCUT2D eigenvalue weighted by Gasteiger charge is 2.19. The van der Waals surface area contributed by atoms with E-state index in [4.69, 9.17) is 0 Å². The summed E-state index contributed by atoms with van der Waals surface area (Å²) in [6.45, 7) is 0. The van der Waals surface area contributed by atoms with E-state index in [9.17, 15) is 0 Å². The average Bonchev–Trinajstić information content (AvgIpc) is 3.52. The highest BCUT2D eigenvalue weighted by Crippen LogP contribution is 2.47. The summed E-state index contributed by atoms with van der Waals surface area (Å²) in [5.41, 5.74) is 6.42. The van der Waals surface area contributed by atoms with Gasteiger partial charge in [-0.05, 0) is 89.1 Å². The first kappa shape index (κ1) is 24.4. The van der Waals surface area contributed by atoms with Crippen molar-refractivity contribution in [2.45, 2.75) is 0 Å². The Kier molecular flexibility index (Phi) is 5.47. The molecule has 0 atom stereocenters. The van der Waals surface area contributed by atoms with Crippen molar-refractivity contribution in [2.75, 3.05) is 0 Å². The fourth-order valence-electron chi connectivity index (χ4n) is 6.91. The van der Waals surface area contributed by atoms with Gasteiger partial charge in [-0.2, -0.15) is 0 Å². The molecule has 9 aromatic rings. The molecule has 0 bridgehead atoms. The van der Waals surface area contributed by atoms with Crippen LogP contribution in [0.25, 0.3) is 85.9 Å². The van der Waals surface area contributed by atoms with Crippen LogP contribution in [0.3, 0.4) is 0 Å². The molecule has 200 valence electrons. The molecule has 0 spiro atoms. The number of benzene rings is 8. The van der Waals surface area contributed by atoms with Crippen molar-refractivity contribution in [2.24, 2.45) is 0 Å². The first-order chi connectivity index (χ1) is 21.3. The topological polar surface area (TPSA) is 0 Å². The molecule has 0 fully saturated rings. The fraction of sp³-hybridized carbons (Fsp3) is 0. The van der Waals surface area contributed by atoms with Crippen molar-refractivity contribution in [3.63, 3.8) is 0 Å². The highest BCUT2D eigenvalue weighted by molar-refractivity contribution is 7.22. The smallest absolute Gasteiger partial charge is 0.0355 e. The number of hydrogen-bond acceptors (Lipinski definition) is 1. The molecular weight excluding hydrogens is 537 g/mol. The Bertz CT molecular complexity index is 2440. The second-order valence-corrected chi connectivity index (χ2v) is 12.3. The van der Waals surface area contributed by atoms with Crippen LogP contribution in [0.5, 0.6) is 0 Å². The van der Waals surface area contributed by atoms with Crippen molar-refractivity contribution >= 4 is 64.5 Å². The molecule has 1 heteroatoms. The Morgan fingerprint density at radius 1 is 0.326 bits per heavy atom. The highest BCUT2D eigenvalue weighted by atomic mass is 32.1. The van der Waals surface area contributed by atoms with Crippen LogP contribution in [-0.2, 0) is 0 Å². The second-order valence-electron chi connectivity index (χ2n) is 11.3. The lowest BCUT2D eigenvalue weighted by Crippen LogP contribution is -1.90. The predicted molar refractivity (Wildman–Crippen MR) is 188 cm³/mol. The third kappa shape index (κ3) is 3.82. The number of rotatable bonds is 3. The quantitative estimate of drug-likeness (QED) is 0.148. The minimum Gasteiger partial charge on any atom is -0.135 e. The summed E-state index contributed by atoms with van der Waals surface area (Å²) in [5, 5.41) is 11.6. The summed E-state index contributed by atoms with van der Waals surface area (Å²) >= 11 is 1.88. The first-order valence-electron chi connectivity index (χ1n) is 14.8. The molecule has 0 unspecified atom stereocenters. The Morgan fingerprint density at radius 3 is 1.63 bits per heavy atom. The number of hydrogen-bond donors (Lipinski definition) is 0. The van der Waals surface area contributed by atoms with Crippen LogP contribution >= 0.6 is 11.3 Å². The van der Waals surface area contributed by atoms with Gasteiger partial charge in [0.15, 0.2) is 0 Å². The van der Waals surface area contributed by atoms with Crippen molar-refractivity contribution in [3.8, 4) is 32.7 Å². The van der Waals surface area contributed by atoms with Gasteiger partial charge in [0.05, 0.1) is 0 Å². The van der Waals surface area contributed by atoms with Gasteiger partial charge in [-0.1, -0.05) is 140 Å². The number of fused-ring (bicyclic) bond motifs is 6. The molecule has 1 aromatic heterocycles. The molecule has 1 heterocycles. The lowest BCUT2D eigenvalue weighted by Gasteiger charge is -2.18. The maximum absolute atomic E-state index is 2.41. The maximum Gasteiger partial charge on any atom is 0.0355 e. The van der Waals surface area contributed by atoms with Gasteiger partial charge in [0.25, 0.3) is 0 Å². The fourth-order valence-corrected chi connectivity index (χ4v) is 7.99. The van der Waals surface area contributed by atoms with Crippen molar-refractivity contribution < 1.29 is 0 Å². The molecule has 0 aliphatic rings. The zero-order valence-corrected chi connectivity index (χ0v) is 24.2. The molecule has 0 N–H and O–H groups in total. The Balaban J connectivity index is 1.31. The zero-order chi connectivity index (χ0) is 28.3. The van der Waals surface area contributed by atoms with Crippen LogP contribution in [0, 0.1) is 0 Å². The van der Waals surface area contributed by atoms with Crippen LogP contribution in [0.4, 0.5) is 0 Å². The van der Waals surface area contributed by atoms with Gasteiger partial charge in [-0.3, -0.25) is 0 Å². The van der Waals surface area contributed by atoms with Crippen LogP contribution in [-0.4, -0.2) is 0 Å². The molecule has 9 rings (SSSR count). The molecule has 8 aromatic carbocycles. The minimum atomic E-state index is 1.25. The van der Waals surface area contributed by atoms with Crippen LogP contribution in [0.1, 0.15) is 0 Å². The van der Waals surface area contributed by atoms with E-state index in [1.165, 1.54) is 85.9 Å². The average molecular weight is 563 g/mol. The molecule has 0 aliphatic heterocycles. The normalized spacial score (nSPS) is 11.7. The van der Waals surface area contributed by atoms with E-state index in [0.717, 1.165) is 0 Å². The van der Waals surface area contributed by atoms with Crippen molar-refractivity contribution in [1.82, 2.24) is 0 Å². The second kappa shape index (κ2) is 9.66. The van der Waals surface area contributed by atoms with E-state index in [-0.39, 0.29) is 0 Å². The predicted octanol–water partition coefficient (Wildman–Crippen LogP) is 12.5. The minimum absolute atomic E-state index is 1.25. The van der Waals surface area contributed by atoms with E-state index < -0.39 is 0 Å². The lowest BCUT2D eigenvalue weighted by atomic mass is 9.85. The largest absolute Gasteiger partial charge is 0.135 e. The molecule has 0 radical (unpaired) electrons. The summed E-state index contributed by atoms with van der Waals surface area (Å²) in [5.74, 6) is 0. The molecule has 0 aliphatic carbocycles. The zero-order valence-electron chi connectivity index (χ0n) is 23.4. The molecule has 43 heavy (non-hydrogen) atoms. The van der Waals surface area contributed by atoms with Gasteiger partial charge in [-0.15, -0.1) is 11.3 Å². The van der Waals surface area contributed by atoms with Crippen LogP contribution in [0.15, 0.2) is 158 Å². The van der Waals surface area contributed by atoms with Crippen molar-refractivity contribution in [3.05, 3.63) is 158 Å². The Labute approximate surface area is 254 Å². The number of thiophene rings is 1. The molecule has 0 nitrogen and oxygen atoms in total. The van der Waals surface area contributed by atoms with Crippen LogP contribution < -0.4 is 0 Å². The van der Waals surface area contributed by atoms with E-state index >= 15 is 0 Å². The summed E-state index contributed by atoms with van der Waals surface area (Å²) < 4.78 is 1.31. The molecule has 0 amide bonds. The molecule has 0 saturated carbocycles. The van der Waals surface area contributed by atoms with Gasteiger partial charge < -0.3 is 0 Å². The third-order valence-electron chi connectivity index (χ3n) is 8.86. The Hall–Kier alpha value is -5.24. The van der Waals surface area contributed by atoms with E-state index in [1.54, 1.807) is 0 Å². The summed E-state index contributed by atoms with van der Waals surface area (Å²) in [4.78, 5) is 1.30. The van der Waals surface area contributed by atoms with E-state index in [2.05, 4.69) is 158 Å². The van der Waals surface area contributed by atoms with E-state index in [0.29, 0.717) is 0 Å². The van der Waals surface area contributed by atoms with E-state index in [1.807, 2.05) is 11.3 Å². The monoisotopic (exact) mass is 562 g/mol. The van der Waals surface area contributed by atoms with Crippen LogP contribution in [0.2, 0.25) is 0 Å². The molecular formula is C42H26S. The lowest BCUT2D eigenvalue weighted by molar-refractivity contribution is 1.67. The standard InChI is InChI=1S/C42H26S/c1-2-12-29(13-3-1)41-32-15-6-8-17-34(32)42(35-18-9-7-16-33(35)41)36-19-10-20-39-38(36)26-40(43-39)30-24-23-28-22-21-27-11-4-5-14-31(27)37(28)25-30/h1-26H. The Morgan fingerprint density at radius 2 is 0.907 bits per heavy atom. The van der Waals surface area contributed by atoms with Gasteiger partial charge in [-0.25, -0.2) is 0 Å². The van der Waals surface area contributed by atoms with Gasteiger partial charge in [0.1, 0.15) is 0 Å². The van der Waals surface area contributed by atoms with Crippen molar-refractivity contribution in [1.29, 1.82) is 0 Å².